The number of methoxy groups -OCH3 is 2. The molecule has 0 bridgehead atoms. The molecule has 0 radical (unpaired) electrons. The fraction of sp³-hybridized carbons (Fsp3) is 1.00. The fourth-order valence-electron chi connectivity index (χ4n) is 1.98. The highest BCUT2D eigenvalue weighted by atomic mass is 16.7. The van der Waals surface area contributed by atoms with Gasteiger partial charge >= 0.3 is 0 Å². The summed E-state index contributed by atoms with van der Waals surface area (Å²) in [7, 11) is 3.34. The van der Waals surface area contributed by atoms with Gasteiger partial charge in [-0.1, -0.05) is 0 Å². The maximum Gasteiger partial charge on any atom is 0.169 e. The second-order valence-corrected chi connectivity index (χ2v) is 4.22. The second kappa shape index (κ2) is 7.17. The molecule has 0 amide bonds. The Kier molecular flexibility index (Phi) is 6.17. The van der Waals surface area contributed by atoms with E-state index < -0.39 is 0 Å². The molecule has 1 aliphatic heterocycles. The average Bonchev–Trinajstić information content (AvgIpc) is 2.72. The van der Waals surface area contributed by atoms with Crippen LogP contribution in [0.25, 0.3) is 0 Å². The third-order valence-corrected chi connectivity index (χ3v) is 2.89. The van der Waals surface area contributed by atoms with Crippen LogP contribution in [0.2, 0.25) is 0 Å². The SMILES string of the molecule is COC(CNC(C)CN1CCCC1)OC. The van der Waals surface area contributed by atoms with E-state index >= 15 is 0 Å². The first-order chi connectivity index (χ1) is 7.26. The van der Waals surface area contributed by atoms with E-state index in [1.165, 1.54) is 25.9 Å². The molecular weight excluding hydrogens is 192 g/mol. The number of ether oxygens (including phenoxy) is 2. The zero-order valence-corrected chi connectivity index (χ0v) is 10.2. The van der Waals surface area contributed by atoms with Crippen LogP contribution in [-0.4, -0.2) is 57.6 Å². The highest BCUT2D eigenvalue weighted by Gasteiger charge is 2.15. The molecule has 1 atom stereocenters. The zero-order chi connectivity index (χ0) is 11.1. The molecule has 1 aliphatic rings. The predicted molar refractivity (Wildman–Crippen MR) is 60.9 cm³/mol. The summed E-state index contributed by atoms with van der Waals surface area (Å²) < 4.78 is 10.2. The fourth-order valence-corrected chi connectivity index (χ4v) is 1.98. The first kappa shape index (κ1) is 12.9. The van der Waals surface area contributed by atoms with Crippen molar-refractivity contribution < 1.29 is 9.47 Å². The maximum atomic E-state index is 5.12. The summed E-state index contributed by atoms with van der Waals surface area (Å²) in [5, 5.41) is 3.42. The highest BCUT2D eigenvalue weighted by Crippen LogP contribution is 2.07. The van der Waals surface area contributed by atoms with Crippen molar-refractivity contribution in [2.45, 2.75) is 32.1 Å². The van der Waals surface area contributed by atoms with Gasteiger partial charge in [0.1, 0.15) is 0 Å². The first-order valence-electron chi connectivity index (χ1n) is 5.77. The van der Waals surface area contributed by atoms with Crippen LogP contribution in [0.4, 0.5) is 0 Å². The molecule has 1 rings (SSSR count). The summed E-state index contributed by atoms with van der Waals surface area (Å²) in [6, 6.07) is 0.496. The third kappa shape index (κ3) is 4.93. The highest BCUT2D eigenvalue weighted by molar-refractivity contribution is 4.72. The van der Waals surface area contributed by atoms with Gasteiger partial charge in [0.2, 0.25) is 0 Å². The van der Waals surface area contributed by atoms with Crippen LogP contribution in [0.5, 0.6) is 0 Å². The molecule has 1 fully saturated rings. The molecule has 0 spiro atoms. The van der Waals surface area contributed by atoms with E-state index in [0.717, 1.165) is 13.1 Å². The van der Waals surface area contributed by atoms with Crippen LogP contribution in [0.3, 0.4) is 0 Å². The van der Waals surface area contributed by atoms with Gasteiger partial charge in [-0.2, -0.15) is 0 Å². The minimum atomic E-state index is -0.133. The monoisotopic (exact) mass is 216 g/mol. The maximum absolute atomic E-state index is 5.12. The van der Waals surface area contributed by atoms with Gasteiger partial charge in [-0.25, -0.2) is 0 Å². The van der Waals surface area contributed by atoms with Crippen LogP contribution in [0, 0.1) is 0 Å². The molecule has 4 heteroatoms. The van der Waals surface area contributed by atoms with Gasteiger partial charge < -0.3 is 19.7 Å². The first-order valence-corrected chi connectivity index (χ1v) is 5.77. The van der Waals surface area contributed by atoms with Gasteiger partial charge in [-0.15, -0.1) is 0 Å². The Balaban J connectivity index is 2.09. The lowest BCUT2D eigenvalue weighted by atomic mass is 10.3. The smallest absolute Gasteiger partial charge is 0.169 e. The van der Waals surface area contributed by atoms with E-state index in [1.807, 2.05) is 0 Å². The predicted octanol–water partition coefficient (Wildman–Crippen LogP) is 0.679. The van der Waals surface area contributed by atoms with Crippen LogP contribution in [-0.2, 0) is 9.47 Å². The molecule has 1 unspecified atom stereocenters. The number of hydrogen-bond donors (Lipinski definition) is 1. The van der Waals surface area contributed by atoms with Crippen molar-refractivity contribution in [2.24, 2.45) is 0 Å². The Bertz CT molecular complexity index is 157. The molecule has 1 N–H and O–H groups in total. The van der Waals surface area contributed by atoms with Crippen molar-refractivity contribution in [2.75, 3.05) is 40.4 Å². The molecule has 15 heavy (non-hydrogen) atoms. The van der Waals surface area contributed by atoms with Gasteiger partial charge in [0.25, 0.3) is 0 Å². The topological polar surface area (TPSA) is 33.7 Å². The molecule has 1 heterocycles. The number of rotatable bonds is 7. The molecular formula is C11H24N2O2. The van der Waals surface area contributed by atoms with Crippen molar-refractivity contribution >= 4 is 0 Å². The molecule has 0 aromatic rings. The number of hydrogen-bond acceptors (Lipinski definition) is 4. The summed E-state index contributed by atoms with van der Waals surface area (Å²) in [6.07, 6.45) is 2.57. The van der Waals surface area contributed by atoms with Gasteiger partial charge in [-0.3, -0.25) is 0 Å². The summed E-state index contributed by atoms with van der Waals surface area (Å²) in [5.41, 5.74) is 0. The quantitative estimate of drug-likeness (QED) is 0.635. The summed E-state index contributed by atoms with van der Waals surface area (Å²) in [4.78, 5) is 2.51. The van der Waals surface area contributed by atoms with Crippen LogP contribution in [0.1, 0.15) is 19.8 Å². The van der Waals surface area contributed by atoms with Crippen LogP contribution in [0.15, 0.2) is 0 Å². The molecule has 90 valence electrons. The molecule has 0 aromatic heterocycles. The van der Waals surface area contributed by atoms with E-state index in [2.05, 4.69) is 17.1 Å². The van der Waals surface area contributed by atoms with Gasteiger partial charge in [-0.05, 0) is 32.9 Å². The van der Waals surface area contributed by atoms with Gasteiger partial charge in [0, 0.05) is 33.4 Å². The Morgan fingerprint density at radius 1 is 1.20 bits per heavy atom. The van der Waals surface area contributed by atoms with Crippen molar-refractivity contribution in [3.8, 4) is 0 Å². The Labute approximate surface area is 92.9 Å². The second-order valence-electron chi connectivity index (χ2n) is 4.22. The standard InChI is InChI=1S/C11H24N2O2/c1-10(9-13-6-4-5-7-13)12-8-11(14-2)15-3/h10-12H,4-9H2,1-3H3. The third-order valence-electron chi connectivity index (χ3n) is 2.89. The van der Waals surface area contributed by atoms with E-state index in [9.17, 15) is 0 Å². The van der Waals surface area contributed by atoms with E-state index in [-0.39, 0.29) is 6.29 Å². The van der Waals surface area contributed by atoms with Gasteiger partial charge in [0.05, 0.1) is 0 Å². The van der Waals surface area contributed by atoms with Crippen LogP contribution >= 0.6 is 0 Å². The number of nitrogens with one attached hydrogen (secondary N) is 1. The number of likely N-dealkylation sites (tertiary alicyclic amines) is 1. The molecule has 1 saturated heterocycles. The Hall–Kier alpha value is -0.160. The number of nitrogens with zero attached hydrogens (tertiary/aromatic N) is 1. The van der Waals surface area contributed by atoms with Crippen molar-refractivity contribution in [1.29, 1.82) is 0 Å². The van der Waals surface area contributed by atoms with Crippen molar-refractivity contribution in [3.63, 3.8) is 0 Å². The summed E-state index contributed by atoms with van der Waals surface area (Å²) in [6.45, 7) is 6.59. The van der Waals surface area contributed by atoms with Crippen molar-refractivity contribution in [3.05, 3.63) is 0 Å². The molecule has 0 saturated carbocycles. The van der Waals surface area contributed by atoms with E-state index in [0.29, 0.717) is 6.04 Å². The molecule has 0 aliphatic carbocycles. The lowest BCUT2D eigenvalue weighted by molar-refractivity contribution is -0.0998. The lowest BCUT2D eigenvalue weighted by Crippen LogP contribution is -2.42. The van der Waals surface area contributed by atoms with E-state index in [1.54, 1.807) is 14.2 Å². The molecule has 0 aromatic carbocycles. The van der Waals surface area contributed by atoms with E-state index in [4.69, 9.17) is 9.47 Å². The minimum Gasteiger partial charge on any atom is -0.355 e. The van der Waals surface area contributed by atoms with Crippen molar-refractivity contribution in [1.82, 2.24) is 10.2 Å². The summed E-state index contributed by atoms with van der Waals surface area (Å²) in [5.74, 6) is 0. The zero-order valence-electron chi connectivity index (χ0n) is 10.2. The van der Waals surface area contributed by atoms with Crippen LogP contribution < -0.4 is 5.32 Å². The molecule has 4 nitrogen and oxygen atoms in total. The normalized spacial score (nSPS) is 20.0. The Morgan fingerprint density at radius 3 is 2.33 bits per heavy atom. The largest absolute Gasteiger partial charge is 0.355 e. The average molecular weight is 216 g/mol. The lowest BCUT2D eigenvalue weighted by Gasteiger charge is -2.23. The van der Waals surface area contributed by atoms with Gasteiger partial charge in [0.15, 0.2) is 6.29 Å². The summed E-state index contributed by atoms with van der Waals surface area (Å²) >= 11 is 0. The minimum absolute atomic E-state index is 0.133. The Morgan fingerprint density at radius 2 is 1.80 bits per heavy atom.